The topological polar surface area (TPSA) is 61.0 Å². The van der Waals surface area contributed by atoms with Crippen LogP contribution in [0.1, 0.15) is 0 Å². The molecule has 1 aromatic heterocycles. The Kier molecular flexibility index (Phi) is 3.12. The number of nitrogens with two attached hydrogens (primary N) is 1. The van der Waals surface area contributed by atoms with E-state index < -0.39 is 0 Å². The maximum Gasteiger partial charge on any atom is 0.241 e. The van der Waals surface area contributed by atoms with Crippen molar-refractivity contribution in [2.75, 3.05) is 5.73 Å². The second kappa shape index (κ2) is 4.55. The first-order valence-corrected chi connectivity index (χ1v) is 5.11. The number of hydrogen-bond donors (Lipinski definition) is 1. The van der Waals surface area contributed by atoms with Gasteiger partial charge in [-0.15, -0.1) is 0 Å². The molecule has 0 aliphatic heterocycles. The van der Waals surface area contributed by atoms with Gasteiger partial charge < -0.3 is 10.5 Å². The average Bonchev–Trinajstić information content (AvgIpc) is 2.26. The quantitative estimate of drug-likeness (QED) is 0.838. The lowest BCUT2D eigenvalue weighted by Crippen LogP contribution is -1.95. The lowest BCUT2D eigenvalue weighted by atomic mass is 10.3. The molecule has 0 bridgehead atoms. The molecule has 0 spiro atoms. The number of rotatable bonds is 2. The molecular formula is C10H7Cl2N3O. The van der Waals surface area contributed by atoms with Crippen LogP contribution in [-0.2, 0) is 0 Å². The maximum absolute atomic E-state index is 5.94. The molecule has 0 saturated carbocycles. The highest BCUT2D eigenvalue weighted by Crippen LogP contribution is 2.35. The van der Waals surface area contributed by atoms with Crippen LogP contribution in [0, 0.1) is 0 Å². The minimum Gasteiger partial charge on any atom is -0.434 e. The predicted molar refractivity (Wildman–Crippen MR) is 63.0 cm³/mol. The molecule has 2 N–H and O–H groups in total. The van der Waals surface area contributed by atoms with E-state index in [1.165, 1.54) is 12.5 Å². The molecule has 4 nitrogen and oxygen atoms in total. The largest absolute Gasteiger partial charge is 0.434 e. The fourth-order valence-corrected chi connectivity index (χ4v) is 1.47. The van der Waals surface area contributed by atoms with Crippen molar-refractivity contribution in [1.82, 2.24) is 9.97 Å². The summed E-state index contributed by atoms with van der Waals surface area (Å²) in [4.78, 5) is 7.62. The summed E-state index contributed by atoms with van der Waals surface area (Å²) in [6.45, 7) is 0. The number of benzene rings is 1. The first kappa shape index (κ1) is 11.0. The number of nitrogen functional groups attached to an aromatic ring is 1. The fraction of sp³-hybridized carbons (Fsp3) is 0. The Balaban J connectivity index is 2.38. The monoisotopic (exact) mass is 255 g/mol. The van der Waals surface area contributed by atoms with Gasteiger partial charge in [-0.3, -0.25) is 0 Å². The van der Waals surface area contributed by atoms with Gasteiger partial charge in [0, 0.05) is 0 Å². The Hall–Kier alpha value is -1.52. The van der Waals surface area contributed by atoms with Gasteiger partial charge in [0.15, 0.2) is 5.75 Å². The van der Waals surface area contributed by atoms with Crippen LogP contribution in [0.3, 0.4) is 0 Å². The summed E-state index contributed by atoms with van der Waals surface area (Å²) in [6, 6.07) is 5.07. The molecule has 0 aliphatic carbocycles. The number of anilines is 1. The first-order valence-electron chi connectivity index (χ1n) is 4.36. The highest BCUT2D eigenvalue weighted by molar-refractivity contribution is 6.33. The second-order valence-corrected chi connectivity index (χ2v) is 3.75. The van der Waals surface area contributed by atoms with Gasteiger partial charge in [0.25, 0.3) is 0 Å². The van der Waals surface area contributed by atoms with Crippen molar-refractivity contribution in [3.63, 3.8) is 0 Å². The summed E-state index contributed by atoms with van der Waals surface area (Å²) >= 11 is 11.8. The van der Waals surface area contributed by atoms with E-state index in [0.717, 1.165) is 0 Å². The summed E-state index contributed by atoms with van der Waals surface area (Å²) in [5.41, 5.74) is 6.14. The molecular weight excluding hydrogens is 249 g/mol. The Morgan fingerprint density at radius 3 is 2.69 bits per heavy atom. The van der Waals surface area contributed by atoms with Crippen LogP contribution in [-0.4, -0.2) is 9.97 Å². The molecule has 2 aromatic rings. The zero-order chi connectivity index (χ0) is 11.5. The van der Waals surface area contributed by atoms with E-state index in [2.05, 4.69) is 9.97 Å². The van der Waals surface area contributed by atoms with Crippen molar-refractivity contribution in [2.24, 2.45) is 0 Å². The Bertz CT molecular complexity index is 499. The van der Waals surface area contributed by atoms with Gasteiger partial charge in [-0.25, -0.2) is 9.97 Å². The Morgan fingerprint density at radius 2 is 2.00 bits per heavy atom. The van der Waals surface area contributed by atoms with Crippen LogP contribution in [0.15, 0.2) is 30.7 Å². The number of nitrogens with zero attached hydrogens (tertiary/aromatic N) is 2. The smallest absolute Gasteiger partial charge is 0.241 e. The molecule has 0 radical (unpaired) electrons. The van der Waals surface area contributed by atoms with E-state index >= 15 is 0 Å². The summed E-state index contributed by atoms with van der Waals surface area (Å²) in [5, 5.41) is 0.691. The molecule has 0 aliphatic rings. The molecule has 82 valence electrons. The normalized spacial score (nSPS) is 10.1. The first-order chi connectivity index (χ1) is 7.68. The molecule has 16 heavy (non-hydrogen) atoms. The van der Waals surface area contributed by atoms with E-state index in [4.69, 9.17) is 33.7 Å². The number of aromatic nitrogens is 2. The molecule has 0 saturated heterocycles. The molecule has 0 amide bonds. The lowest BCUT2D eigenvalue weighted by molar-refractivity contribution is 0.464. The van der Waals surface area contributed by atoms with E-state index in [1.807, 2.05) is 0 Å². The summed E-state index contributed by atoms with van der Waals surface area (Å²) in [6.07, 6.45) is 2.76. The van der Waals surface area contributed by atoms with Gasteiger partial charge in [0.05, 0.1) is 16.9 Å². The summed E-state index contributed by atoms with van der Waals surface area (Å²) in [7, 11) is 0. The average molecular weight is 256 g/mol. The van der Waals surface area contributed by atoms with E-state index in [0.29, 0.717) is 21.5 Å². The number of para-hydroxylation sites is 1. The summed E-state index contributed by atoms with van der Waals surface area (Å²) in [5.74, 6) is 0.557. The Labute approximate surface area is 102 Å². The van der Waals surface area contributed by atoms with Crippen LogP contribution in [0.4, 0.5) is 5.69 Å². The van der Waals surface area contributed by atoms with Gasteiger partial charge in [0.1, 0.15) is 11.3 Å². The van der Waals surface area contributed by atoms with Crippen LogP contribution in [0.2, 0.25) is 10.0 Å². The Morgan fingerprint density at radius 1 is 1.19 bits per heavy atom. The third-order valence-corrected chi connectivity index (χ3v) is 2.39. The number of hydrogen-bond acceptors (Lipinski definition) is 4. The molecule has 0 fully saturated rings. The van der Waals surface area contributed by atoms with Gasteiger partial charge >= 0.3 is 0 Å². The van der Waals surface area contributed by atoms with Crippen LogP contribution in [0.25, 0.3) is 0 Å². The minimum atomic E-state index is 0.219. The maximum atomic E-state index is 5.94. The molecule has 2 rings (SSSR count). The van der Waals surface area contributed by atoms with Crippen LogP contribution in [0.5, 0.6) is 11.6 Å². The number of halogens is 2. The SMILES string of the molecule is Nc1cccc(Cl)c1Oc1ncncc1Cl. The highest BCUT2D eigenvalue weighted by Gasteiger charge is 2.10. The zero-order valence-electron chi connectivity index (χ0n) is 8.02. The standard InChI is InChI=1S/C10H7Cl2N3O/c11-6-2-1-3-8(13)9(6)16-10-7(12)4-14-5-15-10/h1-5H,13H2. The van der Waals surface area contributed by atoms with Crippen molar-refractivity contribution in [1.29, 1.82) is 0 Å². The second-order valence-electron chi connectivity index (χ2n) is 2.94. The molecule has 6 heteroatoms. The van der Waals surface area contributed by atoms with Crippen molar-refractivity contribution in [2.45, 2.75) is 0 Å². The van der Waals surface area contributed by atoms with Gasteiger partial charge in [0.2, 0.25) is 5.88 Å². The highest BCUT2D eigenvalue weighted by atomic mass is 35.5. The predicted octanol–water partition coefficient (Wildman–Crippen LogP) is 3.16. The minimum absolute atomic E-state index is 0.219. The van der Waals surface area contributed by atoms with Gasteiger partial charge in [-0.05, 0) is 12.1 Å². The summed E-state index contributed by atoms with van der Waals surface area (Å²) < 4.78 is 5.43. The lowest BCUT2D eigenvalue weighted by Gasteiger charge is -2.09. The van der Waals surface area contributed by atoms with Gasteiger partial charge in [-0.1, -0.05) is 29.3 Å². The van der Waals surface area contributed by atoms with Crippen LogP contribution < -0.4 is 10.5 Å². The van der Waals surface area contributed by atoms with Crippen molar-refractivity contribution >= 4 is 28.9 Å². The van der Waals surface area contributed by atoms with Crippen LogP contribution >= 0.6 is 23.2 Å². The van der Waals surface area contributed by atoms with Gasteiger partial charge in [-0.2, -0.15) is 0 Å². The molecule has 0 unspecified atom stereocenters. The molecule has 1 heterocycles. The third kappa shape index (κ3) is 2.18. The molecule has 1 aromatic carbocycles. The third-order valence-electron chi connectivity index (χ3n) is 1.83. The van der Waals surface area contributed by atoms with Crippen molar-refractivity contribution < 1.29 is 4.74 Å². The van der Waals surface area contributed by atoms with Crippen molar-refractivity contribution in [3.05, 3.63) is 40.8 Å². The van der Waals surface area contributed by atoms with E-state index in [1.54, 1.807) is 18.2 Å². The van der Waals surface area contributed by atoms with E-state index in [-0.39, 0.29) is 5.88 Å². The number of ether oxygens (including phenoxy) is 1. The van der Waals surface area contributed by atoms with Crippen molar-refractivity contribution in [3.8, 4) is 11.6 Å². The zero-order valence-corrected chi connectivity index (χ0v) is 9.53. The fourth-order valence-electron chi connectivity index (χ4n) is 1.11. The van der Waals surface area contributed by atoms with E-state index in [9.17, 15) is 0 Å². The molecule has 0 atom stereocenters.